The van der Waals surface area contributed by atoms with Crippen molar-refractivity contribution in [2.45, 2.75) is 46.2 Å². The lowest BCUT2D eigenvalue weighted by molar-refractivity contribution is 0.0531. The van der Waals surface area contributed by atoms with Crippen molar-refractivity contribution in [1.82, 2.24) is 20.5 Å². The van der Waals surface area contributed by atoms with Gasteiger partial charge in [-0.25, -0.2) is 9.78 Å². The number of thiazole rings is 1. The molecule has 1 aromatic heterocycles. The standard InChI is InChI=1S/C17H31N5O2S/c1-9-24-15(23)13-11(2)20-14(25-13)12(3)21-16(18-6)19-10-17(4,5)22(7)8/h12H,9-10H2,1-8H3,(H2,18,19,21). The fraction of sp³-hybridized carbons (Fsp3) is 0.706. The van der Waals surface area contributed by atoms with Crippen LogP contribution in [0, 0.1) is 6.92 Å². The molecule has 0 spiro atoms. The number of hydrogen-bond donors (Lipinski definition) is 2. The first-order valence-electron chi connectivity index (χ1n) is 8.41. The Balaban J connectivity index is 2.75. The van der Waals surface area contributed by atoms with E-state index in [0.29, 0.717) is 23.1 Å². The molecule has 2 N–H and O–H groups in total. The molecule has 142 valence electrons. The predicted octanol–water partition coefficient (Wildman–Crippen LogP) is 2.19. The second-order valence-corrected chi connectivity index (χ2v) is 7.72. The summed E-state index contributed by atoms with van der Waals surface area (Å²) < 4.78 is 5.07. The summed E-state index contributed by atoms with van der Waals surface area (Å²) in [4.78, 5) is 23.4. The number of carbonyl (C=O) groups excluding carboxylic acids is 1. The van der Waals surface area contributed by atoms with Crippen molar-refractivity contribution in [2.24, 2.45) is 4.99 Å². The van der Waals surface area contributed by atoms with Gasteiger partial charge in [0.25, 0.3) is 0 Å². The van der Waals surface area contributed by atoms with Gasteiger partial charge < -0.3 is 20.3 Å². The molecule has 25 heavy (non-hydrogen) atoms. The molecule has 1 heterocycles. The van der Waals surface area contributed by atoms with Gasteiger partial charge in [-0.1, -0.05) is 0 Å². The summed E-state index contributed by atoms with van der Waals surface area (Å²) >= 11 is 1.36. The molecule has 0 amide bonds. The SMILES string of the molecule is CCOC(=O)c1sc(C(C)NC(=NC)NCC(C)(C)N(C)C)nc1C. The van der Waals surface area contributed by atoms with E-state index in [0.717, 1.165) is 11.6 Å². The van der Waals surface area contributed by atoms with E-state index in [1.807, 2.05) is 13.8 Å². The second-order valence-electron chi connectivity index (χ2n) is 6.69. The van der Waals surface area contributed by atoms with Gasteiger partial charge in [-0.15, -0.1) is 11.3 Å². The third-order valence-corrected chi connectivity index (χ3v) is 5.44. The van der Waals surface area contributed by atoms with Crippen molar-refractivity contribution < 1.29 is 9.53 Å². The molecule has 0 fully saturated rings. The van der Waals surface area contributed by atoms with Crippen LogP contribution in [0.1, 0.15) is 54.1 Å². The van der Waals surface area contributed by atoms with Gasteiger partial charge in [0.1, 0.15) is 9.88 Å². The second kappa shape index (κ2) is 9.15. The van der Waals surface area contributed by atoms with Crippen LogP contribution in [0.5, 0.6) is 0 Å². The monoisotopic (exact) mass is 369 g/mol. The lowest BCUT2D eigenvalue weighted by Crippen LogP contribution is -2.51. The average Bonchev–Trinajstić information content (AvgIpc) is 2.93. The molecule has 0 aromatic carbocycles. The van der Waals surface area contributed by atoms with Gasteiger partial charge in [0.05, 0.1) is 18.3 Å². The number of rotatable bonds is 7. The number of ether oxygens (including phenoxy) is 1. The Hall–Kier alpha value is -1.67. The Morgan fingerprint density at radius 1 is 1.44 bits per heavy atom. The highest BCUT2D eigenvalue weighted by molar-refractivity contribution is 7.13. The van der Waals surface area contributed by atoms with Gasteiger partial charge in [-0.3, -0.25) is 4.99 Å². The summed E-state index contributed by atoms with van der Waals surface area (Å²) in [6, 6.07) is -0.0689. The molecule has 1 rings (SSSR count). The highest BCUT2D eigenvalue weighted by Crippen LogP contribution is 2.24. The minimum Gasteiger partial charge on any atom is -0.462 e. The number of nitrogens with zero attached hydrogens (tertiary/aromatic N) is 3. The minimum atomic E-state index is -0.314. The van der Waals surface area contributed by atoms with Gasteiger partial charge in [-0.2, -0.15) is 0 Å². The summed E-state index contributed by atoms with van der Waals surface area (Å²) in [5.41, 5.74) is 0.694. The molecule has 0 aliphatic rings. The number of aromatic nitrogens is 1. The Kier molecular flexibility index (Phi) is 7.82. The van der Waals surface area contributed by atoms with Gasteiger partial charge in [0, 0.05) is 19.1 Å². The molecule has 0 aliphatic carbocycles. The van der Waals surface area contributed by atoms with Crippen molar-refractivity contribution in [2.75, 3.05) is 34.3 Å². The molecule has 0 saturated carbocycles. The molecular formula is C17H31N5O2S. The fourth-order valence-corrected chi connectivity index (χ4v) is 2.87. The highest BCUT2D eigenvalue weighted by Gasteiger charge is 2.22. The first kappa shape index (κ1) is 21.4. The number of aliphatic imine (C=N–C) groups is 1. The van der Waals surface area contributed by atoms with Crippen LogP contribution in [0.4, 0.5) is 0 Å². The summed E-state index contributed by atoms with van der Waals surface area (Å²) in [5, 5.41) is 7.49. The minimum absolute atomic E-state index is 0.00426. The van der Waals surface area contributed by atoms with Gasteiger partial charge in [0.15, 0.2) is 5.96 Å². The first-order chi connectivity index (χ1) is 11.6. The van der Waals surface area contributed by atoms with Crippen molar-refractivity contribution in [3.05, 3.63) is 15.6 Å². The van der Waals surface area contributed by atoms with E-state index < -0.39 is 0 Å². The van der Waals surface area contributed by atoms with E-state index in [1.165, 1.54) is 11.3 Å². The number of guanidine groups is 1. The molecule has 0 saturated heterocycles. The normalized spacial score (nSPS) is 13.7. The summed E-state index contributed by atoms with van der Waals surface area (Å²) in [6.07, 6.45) is 0. The Bertz CT molecular complexity index is 610. The Labute approximate surface area is 154 Å². The molecule has 0 radical (unpaired) electrons. The summed E-state index contributed by atoms with van der Waals surface area (Å²) in [7, 11) is 5.84. The van der Waals surface area contributed by atoms with Crippen molar-refractivity contribution in [1.29, 1.82) is 0 Å². The smallest absolute Gasteiger partial charge is 0.350 e. The molecular weight excluding hydrogens is 338 g/mol. The van der Waals surface area contributed by atoms with E-state index in [-0.39, 0.29) is 17.6 Å². The van der Waals surface area contributed by atoms with Crippen molar-refractivity contribution in [3.8, 4) is 0 Å². The number of carbonyl (C=O) groups is 1. The Morgan fingerprint density at radius 3 is 2.60 bits per heavy atom. The van der Waals surface area contributed by atoms with E-state index in [2.05, 4.69) is 53.5 Å². The number of aryl methyl sites for hydroxylation is 1. The zero-order valence-corrected chi connectivity index (χ0v) is 17.4. The zero-order chi connectivity index (χ0) is 19.2. The van der Waals surface area contributed by atoms with Crippen LogP contribution in [-0.2, 0) is 4.74 Å². The molecule has 0 bridgehead atoms. The van der Waals surface area contributed by atoms with E-state index in [9.17, 15) is 4.79 Å². The summed E-state index contributed by atoms with van der Waals surface area (Å²) in [5.74, 6) is 0.388. The zero-order valence-electron chi connectivity index (χ0n) is 16.6. The lowest BCUT2D eigenvalue weighted by atomic mass is 10.0. The maximum atomic E-state index is 11.9. The molecule has 1 aromatic rings. The van der Waals surface area contributed by atoms with Crippen molar-refractivity contribution in [3.63, 3.8) is 0 Å². The van der Waals surface area contributed by atoms with Crippen LogP contribution in [-0.4, -0.2) is 61.6 Å². The molecule has 0 aliphatic heterocycles. The van der Waals surface area contributed by atoms with Crippen LogP contribution in [0.15, 0.2) is 4.99 Å². The predicted molar refractivity (Wildman–Crippen MR) is 103 cm³/mol. The van der Waals surface area contributed by atoms with Crippen LogP contribution in [0.3, 0.4) is 0 Å². The maximum Gasteiger partial charge on any atom is 0.350 e. The largest absolute Gasteiger partial charge is 0.462 e. The van der Waals surface area contributed by atoms with Crippen molar-refractivity contribution >= 4 is 23.3 Å². The molecule has 1 atom stereocenters. The Morgan fingerprint density at radius 2 is 2.08 bits per heavy atom. The number of hydrogen-bond acceptors (Lipinski definition) is 6. The number of esters is 1. The van der Waals surface area contributed by atoms with Crippen LogP contribution < -0.4 is 10.6 Å². The lowest BCUT2D eigenvalue weighted by Gasteiger charge is -2.33. The summed E-state index contributed by atoms with van der Waals surface area (Å²) in [6.45, 7) is 11.0. The number of nitrogens with one attached hydrogen (secondary N) is 2. The van der Waals surface area contributed by atoms with Gasteiger partial charge >= 0.3 is 5.97 Å². The van der Waals surface area contributed by atoms with Crippen LogP contribution >= 0.6 is 11.3 Å². The van der Waals surface area contributed by atoms with Gasteiger partial charge in [0.2, 0.25) is 0 Å². The molecule has 7 nitrogen and oxygen atoms in total. The fourth-order valence-electron chi connectivity index (χ4n) is 1.91. The first-order valence-corrected chi connectivity index (χ1v) is 9.23. The van der Waals surface area contributed by atoms with Gasteiger partial charge in [-0.05, 0) is 48.7 Å². The van der Waals surface area contributed by atoms with Crippen LogP contribution in [0.2, 0.25) is 0 Å². The third kappa shape index (κ3) is 5.97. The topological polar surface area (TPSA) is 78.8 Å². The number of likely N-dealkylation sites (N-methyl/N-ethyl adjacent to an activating group) is 1. The van der Waals surface area contributed by atoms with E-state index in [1.54, 1.807) is 14.0 Å². The third-order valence-electron chi connectivity index (χ3n) is 4.12. The highest BCUT2D eigenvalue weighted by atomic mass is 32.1. The quantitative estimate of drug-likeness (QED) is 0.436. The average molecular weight is 370 g/mol. The van der Waals surface area contributed by atoms with E-state index in [4.69, 9.17) is 4.74 Å². The maximum absolute atomic E-state index is 11.9. The molecule has 8 heteroatoms. The van der Waals surface area contributed by atoms with E-state index >= 15 is 0 Å². The van der Waals surface area contributed by atoms with Crippen LogP contribution in [0.25, 0.3) is 0 Å². The molecule has 1 unspecified atom stereocenters.